The summed E-state index contributed by atoms with van der Waals surface area (Å²) in [5, 5.41) is 2.67. The average molecular weight is 212 g/mol. The molecule has 0 aromatic heterocycles. The Hall–Kier alpha value is 1.40. The van der Waals surface area contributed by atoms with Gasteiger partial charge in [-0.05, 0) is 0 Å². The van der Waals surface area contributed by atoms with Gasteiger partial charge in [0.25, 0.3) is 0 Å². The minimum absolute atomic E-state index is 1.33. The van der Waals surface area contributed by atoms with Crippen molar-refractivity contribution in [1.82, 2.24) is 0 Å². The van der Waals surface area contributed by atoms with Crippen LogP contribution in [0.2, 0.25) is 0 Å². The molecule has 10 heavy (non-hydrogen) atoms. The van der Waals surface area contributed by atoms with Crippen LogP contribution in [0, 0.1) is 0 Å². The normalized spacial score (nSPS) is 24.0. The standard InChI is InChI=1S/2C3H6S2/c2*1-2-5-3-4-1/h2*1-3H2. The summed E-state index contributed by atoms with van der Waals surface area (Å²) in [5.41, 5.74) is 0. The molecule has 0 spiro atoms. The van der Waals surface area contributed by atoms with Crippen LogP contribution in [0.3, 0.4) is 0 Å². The molecular formula is C6H12S4. The lowest BCUT2D eigenvalue weighted by atomic mass is 11.0. The Morgan fingerprint density at radius 1 is 0.500 bits per heavy atom. The molecule has 60 valence electrons. The van der Waals surface area contributed by atoms with Crippen molar-refractivity contribution in [2.75, 3.05) is 33.2 Å². The van der Waals surface area contributed by atoms with Crippen LogP contribution < -0.4 is 0 Å². The van der Waals surface area contributed by atoms with E-state index >= 15 is 0 Å². The van der Waals surface area contributed by atoms with Crippen LogP contribution in [0.1, 0.15) is 0 Å². The zero-order chi connectivity index (χ0) is 7.07. The number of thioether (sulfide) groups is 4. The fraction of sp³-hybridized carbons (Fsp3) is 1.00. The van der Waals surface area contributed by atoms with Gasteiger partial charge < -0.3 is 0 Å². The first-order valence-electron chi connectivity index (χ1n) is 3.31. The highest BCUT2D eigenvalue weighted by molar-refractivity contribution is 8.19. The minimum Gasteiger partial charge on any atom is -0.150 e. The van der Waals surface area contributed by atoms with Crippen molar-refractivity contribution < 1.29 is 0 Å². The molecule has 2 fully saturated rings. The zero-order valence-electron chi connectivity index (χ0n) is 5.88. The molecule has 2 rings (SSSR count). The Labute approximate surface area is 80.1 Å². The molecule has 2 heterocycles. The smallest absolute Gasteiger partial charge is 0.0392 e. The Kier molecular flexibility index (Phi) is 6.71. The molecule has 0 saturated carbocycles. The molecule has 0 radical (unpaired) electrons. The van der Waals surface area contributed by atoms with Crippen molar-refractivity contribution in [2.24, 2.45) is 0 Å². The van der Waals surface area contributed by atoms with Crippen molar-refractivity contribution >= 4 is 47.0 Å². The van der Waals surface area contributed by atoms with E-state index in [4.69, 9.17) is 0 Å². The molecule has 0 N–H and O–H groups in total. The number of hydrogen-bond acceptors (Lipinski definition) is 4. The third-order valence-electron chi connectivity index (χ3n) is 1.08. The number of rotatable bonds is 0. The molecule has 0 nitrogen and oxygen atoms in total. The van der Waals surface area contributed by atoms with Crippen LogP contribution in [0.15, 0.2) is 0 Å². The summed E-state index contributed by atoms with van der Waals surface area (Å²) in [6.07, 6.45) is 0. The lowest BCUT2D eigenvalue weighted by molar-refractivity contribution is 1.59. The molecule has 0 aromatic rings. The molecule has 2 aliphatic rings. The van der Waals surface area contributed by atoms with Crippen LogP contribution >= 0.6 is 47.0 Å². The molecule has 4 heteroatoms. The lowest BCUT2D eigenvalue weighted by Crippen LogP contribution is -1.64. The fourth-order valence-electron chi connectivity index (χ4n) is 0.589. The van der Waals surface area contributed by atoms with Gasteiger partial charge >= 0.3 is 0 Å². The van der Waals surface area contributed by atoms with Gasteiger partial charge in [-0.2, -0.15) is 47.0 Å². The van der Waals surface area contributed by atoms with E-state index in [1.165, 1.54) is 33.2 Å². The average Bonchev–Trinajstić information content (AvgIpc) is 2.67. The lowest BCUT2D eigenvalue weighted by Gasteiger charge is -1.68. The van der Waals surface area contributed by atoms with Crippen molar-refractivity contribution in [1.29, 1.82) is 0 Å². The summed E-state index contributed by atoms with van der Waals surface area (Å²) < 4.78 is 0. The first-order valence-corrected chi connectivity index (χ1v) is 7.93. The SMILES string of the molecule is C1CSCS1.C1CSCS1. The van der Waals surface area contributed by atoms with Crippen molar-refractivity contribution in [3.05, 3.63) is 0 Å². The van der Waals surface area contributed by atoms with Gasteiger partial charge in [0.15, 0.2) is 0 Å². The monoisotopic (exact) mass is 212 g/mol. The van der Waals surface area contributed by atoms with Gasteiger partial charge in [-0.1, -0.05) is 0 Å². The largest absolute Gasteiger partial charge is 0.150 e. The van der Waals surface area contributed by atoms with E-state index in [1.807, 2.05) is 47.0 Å². The zero-order valence-corrected chi connectivity index (χ0v) is 9.14. The minimum atomic E-state index is 1.33. The first kappa shape index (κ1) is 9.49. The van der Waals surface area contributed by atoms with Gasteiger partial charge in [0, 0.05) is 33.2 Å². The summed E-state index contributed by atoms with van der Waals surface area (Å²) in [4.78, 5) is 0. The van der Waals surface area contributed by atoms with Crippen molar-refractivity contribution in [3.63, 3.8) is 0 Å². The van der Waals surface area contributed by atoms with E-state index in [0.29, 0.717) is 0 Å². The second-order valence-corrected chi connectivity index (χ2v) is 7.02. The summed E-state index contributed by atoms with van der Waals surface area (Å²) in [6, 6.07) is 0. The molecule has 0 bridgehead atoms. The predicted octanol–water partition coefficient (Wildman–Crippen LogP) is 2.85. The van der Waals surface area contributed by atoms with E-state index in [2.05, 4.69) is 0 Å². The highest BCUT2D eigenvalue weighted by Crippen LogP contribution is 2.20. The molecule has 0 unspecified atom stereocenters. The van der Waals surface area contributed by atoms with Gasteiger partial charge in [-0.25, -0.2) is 0 Å². The maximum absolute atomic E-state index is 2.04. The van der Waals surface area contributed by atoms with Gasteiger partial charge in [0.1, 0.15) is 0 Å². The fourth-order valence-corrected chi connectivity index (χ4v) is 5.30. The van der Waals surface area contributed by atoms with Gasteiger partial charge in [-0.15, -0.1) is 0 Å². The van der Waals surface area contributed by atoms with Gasteiger partial charge in [-0.3, -0.25) is 0 Å². The maximum Gasteiger partial charge on any atom is 0.0392 e. The van der Waals surface area contributed by atoms with Crippen LogP contribution in [-0.4, -0.2) is 33.2 Å². The summed E-state index contributed by atoms with van der Waals surface area (Å²) in [6.45, 7) is 0. The van der Waals surface area contributed by atoms with Gasteiger partial charge in [0.05, 0.1) is 0 Å². The molecule has 0 atom stereocenters. The quantitative estimate of drug-likeness (QED) is 0.605. The summed E-state index contributed by atoms with van der Waals surface area (Å²) >= 11 is 8.15. The topological polar surface area (TPSA) is 0 Å². The van der Waals surface area contributed by atoms with E-state index in [9.17, 15) is 0 Å². The van der Waals surface area contributed by atoms with Crippen molar-refractivity contribution in [3.8, 4) is 0 Å². The van der Waals surface area contributed by atoms with E-state index < -0.39 is 0 Å². The predicted molar refractivity (Wildman–Crippen MR) is 59.6 cm³/mol. The van der Waals surface area contributed by atoms with E-state index in [1.54, 1.807) is 0 Å². The van der Waals surface area contributed by atoms with Crippen LogP contribution in [-0.2, 0) is 0 Å². The molecule has 0 amide bonds. The third kappa shape index (κ3) is 5.10. The molecule has 2 aliphatic heterocycles. The molecular weight excluding hydrogens is 200 g/mol. The highest BCUT2D eigenvalue weighted by Gasteiger charge is 1.96. The van der Waals surface area contributed by atoms with E-state index in [-0.39, 0.29) is 0 Å². The van der Waals surface area contributed by atoms with Crippen molar-refractivity contribution in [2.45, 2.75) is 0 Å². The second-order valence-electron chi connectivity index (χ2n) is 1.87. The highest BCUT2D eigenvalue weighted by atomic mass is 32.2. The Morgan fingerprint density at radius 3 is 0.900 bits per heavy atom. The third-order valence-corrected chi connectivity index (χ3v) is 6.23. The summed E-state index contributed by atoms with van der Waals surface area (Å²) in [5.74, 6) is 5.52. The molecule has 0 aromatic carbocycles. The summed E-state index contributed by atoms with van der Waals surface area (Å²) in [7, 11) is 0. The van der Waals surface area contributed by atoms with Crippen LogP contribution in [0.25, 0.3) is 0 Å². The Balaban J connectivity index is 0.0000001000. The molecule has 0 aliphatic carbocycles. The van der Waals surface area contributed by atoms with Crippen LogP contribution in [0.5, 0.6) is 0 Å². The Bertz CT molecular complexity index is 42.9. The first-order chi connectivity index (χ1) is 5.00. The van der Waals surface area contributed by atoms with Crippen LogP contribution in [0.4, 0.5) is 0 Å². The second kappa shape index (κ2) is 7.07. The van der Waals surface area contributed by atoms with E-state index in [0.717, 1.165) is 0 Å². The maximum atomic E-state index is 2.04. The van der Waals surface area contributed by atoms with Gasteiger partial charge in [0.2, 0.25) is 0 Å². The molecule has 2 saturated heterocycles. The number of hydrogen-bond donors (Lipinski definition) is 0. The Morgan fingerprint density at radius 2 is 0.800 bits per heavy atom.